The first-order valence-corrected chi connectivity index (χ1v) is 5.02. The van der Waals surface area contributed by atoms with Gasteiger partial charge in [0.2, 0.25) is 0 Å². The van der Waals surface area contributed by atoms with Crippen molar-refractivity contribution >= 4 is 21.8 Å². The molecule has 0 aromatic heterocycles. The van der Waals surface area contributed by atoms with E-state index in [9.17, 15) is 0 Å². The van der Waals surface area contributed by atoms with Gasteiger partial charge in [-0.2, -0.15) is 8.42 Å². The maximum Gasteiger partial charge on any atom is 0.394 e. The van der Waals surface area contributed by atoms with Crippen molar-refractivity contribution in [2.45, 2.75) is 0 Å². The molecule has 8 nitrogen and oxygen atoms in total. The van der Waals surface area contributed by atoms with E-state index in [1.54, 1.807) is 25.3 Å². The molecule has 0 saturated heterocycles. The van der Waals surface area contributed by atoms with E-state index in [1.165, 1.54) is 0 Å². The molecule has 0 aliphatic heterocycles. The molecule has 9 heteroatoms. The number of rotatable bonds is 1. The van der Waals surface area contributed by atoms with Gasteiger partial charge in [-0.3, -0.25) is 9.11 Å². The molecule has 0 radical (unpaired) electrons. The van der Waals surface area contributed by atoms with Gasteiger partial charge in [-0.15, -0.1) is 0 Å². The molecule has 8 N–H and O–H groups in total. The van der Waals surface area contributed by atoms with Gasteiger partial charge < -0.3 is 21.7 Å². The van der Waals surface area contributed by atoms with Crippen LogP contribution in [0.5, 0.6) is 5.75 Å². The Morgan fingerprint density at radius 1 is 1.25 bits per heavy atom. The van der Waals surface area contributed by atoms with Crippen LogP contribution in [-0.2, 0) is 10.4 Å². The van der Waals surface area contributed by atoms with Crippen LogP contribution in [0.3, 0.4) is 0 Å². The topological polar surface area (TPSA) is 167 Å². The molecule has 1 aromatic carbocycles. The maximum absolute atomic E-state index is 8.74. The van der Waals surface area contributed by atoms with E-state index in [2.05, 4.69) is 0 Å². The molecule has 16 heavy (non-hydrogen) atoms. The summed E-state index contributed by atoms with van der Waals surface area (Å²) in [5.74, 6) is 0.625. The van der Waals surface area contributed by atoms with Crippen molar-refractivity contribution in [2.75, 3.05) is 18.6 Å². The standard InChI is InChI=1S/C7H10N2O.H2O4S.H2O/c1-10-7-4-5(8)2-3-6(7)9;1-5(2,3)4;/h2-4H,8-9H2,1H3;(H2,1,2,3,4);1H2. The molecule has 0 atom stereocenters. The molecule has 0 amide bonds. The van der Waals surface area contributed by atoms with Crippen LogP contribution in [0, 0.1) is 0 Å². The first-order valence-electron chi connectivity index (χ1n) is 3.63. The highest BCUT2D eigenvalue weighted by Crippen LogP contribution is 2.22. The molecule has 0 saturated carbocycles. The Kier molecular flexibility index (Phi) is 7.22. The van der Waals surface area contributed by atoms with Crippen LogP contribution in [0.2, 0.25) is 0 Å². The van der Waals surface area contributed by atoms with Crippen LogP contribution in [0.1, 0.15) is 0 Å². The number of nitrogens with two attached hydrogens (primary N) is 2. The summed E-state index contributed by atoms with van der Waals surface area (Å²) in [6.45, 7) is 0. The lowest BCUT2D eigenvalue weighted by Crippen LogP contribution is -1.93. The predicted molar refractivity (Wildman–Crippen MR) is 59.6 cm³/mol. The Morgan fingerprint density at radius 3 is 2.00 bits per heavy atom. The summed E-state index contributed by atoms with van der Waals surface area (Å²) in [5.41, 5.74) is 12.3. The third kappa shape index (κ3) is 9.02. The monoisotopic (exact) mass is 254 g/mol. The number of hydrogen-bond donors (Lipinski definition) is 4. The summed E-state index contributed by atoms with van der Waals surface area (Å²) in [6, 6.07) is 5.14. The average molecular weight is 254 g/mol. The molecule has 1 rings (SSSR count). The number of methoxy groups -OCH3 is 1. The normalized spacial score (nSPS) is 9.44. The number of hydrogen-bond acceptors (Lipinski definition) is 5. The van der Waals surface area contributed by atoms with Crippen LogP contribution in [0.25, 0.3) is 0 Å². The molecule has 0 aliphatic rings. The molecule has 0 aliphatic carbocycles. The Bertz CT molecular complexity index is 411. The molecule has 0 spiro atoms. The summed E-state index contributed by atoms with van der Waals surface area (Å²) in [7, 11) is -3.11. The fraction of sp³-hybridized carbons (Fsp3) is 0.143. The number of ether oxygens (including phenoxy) is 1. The first-order chi connectivity index (χ1) is 6.74. The lowest BCUT2D eigenvalue weighted by Gasteiger charge is -2.03. The Balaban J connectivity index is 0. The van der Waals surface area contributed by atoms with Crippen LogP contribution < -0.4 is 16.2 Å². The number of benzene rings is 1. The molecule has 0 fully saturated rings. The van der Waals surface area contributed by atoms with Crippen molar-refractivity contribution in [1.29, 1.82) is 0 Å². The van der Waals surface area contributed by atoms with Gasteiger partial charge >= 0.3 is 10.4 Å². The molecule has 1 aromatic rings. The minimum absolute atomic E-state index is 0. The lowest BCUT2D eigenvalue weighted by atomic mass is 10.3. The van der Waals surface area contributed by atoms with E-state index in [0.29, 0.717) is 17.1 Å². The highest BCUT2D eigenvalue weighted by atomic mass is 32.3. The predicted octanol–water partition coefficient (Wildman–Crippen LogP) is -0.618. The van der Waals surface area contributed by atoms with Crippen molar-refractivity contribution < 1.29 is 27.7 Å². The average Bonchev–Trinajstić information content (AvgIpc) is 2.06. The zero-order chi connectivity index (χ0) is 12.1. The SMILES string of the molecule is COc1cc(N)ccc1N.O.O=S(=O)(O)O. The van der Waals surface area contributed by atoms with Gasteiger partial charge in [-0.05, 0) is 12.1 Å². The van der Waals surface area contributed by atoms with E-state index in [0.717, 1.165) is 0 Å². The molecule has 0 heterocycles. The van der Waals surface area contributed by atoms with Crippen LogP contribution in [-0.4, -0.2) is 30.1 Å². The fourth-order valence-electron chi connectivity index (χ4n) is 0.728. The van der Waals surface area contributed by atoms with Crippen LogP contribution >= 0.6 is 0 Å². The minimum atomic E-state index is -4.67. The van der Waals surface area contributed by atoms with Gasteiger partial charge in [-0.1, -0.05) is 0 Å². The second kappa shape index (κ2) is 6.85. The summed E-state index contributed by atoms with van der Waals surface area (Å²) in [5, 5.41) is 0. The highest BCUT2D eigenvalue weighted by molar-refractivity contribution is 7.79. The third-order valence-corrected chi connectivity index (χ3v) is 1.26. The second-order valence-electron chi connectivity index (χ2n) is 2.45. The van der Waals surface area contributed by atoms with Crippen molar-refractivity contribution in [1.82, 2.24) is 0 Å². The zero-order valence-electron chi connectivity index (χ0n) is 8.41. The van der Waals surface area contributed by atoms with Crippen molar-refractivity contribution in [3.05, 3.63) is 18.2 Å². The van der Waals surface area contributed by atoms with Gasteiger partial charge in [0.25, 0.3) is 0 Å². The van der Waals surface area contributed by atoms with Crippen LogP contribution in [0.15, 0.2) is 18.2 Å². The number of anilines is 2. The summed E-state index contributed by atoms with van der Waals surface area (Å²) in [4.78, 5) is 0. The highest BCUT2D eigenvalue weighted by Gasteiger charge is 1.96. The first kappa shape index (κ1) is 16.9. The summed E-state index contributed by atoms with van der Waals surface area (Å²) < 4.78 is 36.5. The summed E-state index contributed by atoms with van der Waals surface area (Å²) >= 11 is 0. The van der Waals surface area contributed by atoms with Crippen LogP contribution in [0.4, 0.5) is 11.4 Å². The van der Waals surface area contributed by atoms with Gasteiger partial charge in [0.15, 0.2) is 0 Å². The van der Waals surface area contributed by atoms with E-state index < -0.39 is 10.4 Å². The van der Waals surface area contributed by atoms with E-state index >= 15 is 0 Å². The summed E-state index contributed by atoms with van der Waals surface area (Å²) in [6.07, 6.45) is 0. The van der Waals surface area contributed by atoms with Gasteiger partial charge in [0, 0.05) is 11.8 Å². The van der Waals surface area contributed by atoms with E-state index in [1.807, 2.05) is 0 Å². The number of nitrogen functional groups attached to an aromatic ring is 2. The third-order valence-electron chi connectivity index (χ3n) is 1.26. The quantitative estimate of drug-likeness (QED) is 0.382. The Hall–Kier alpha value is -1.55. The largest absolute Gasteiger partial charge is 0.495 e. The zero-order valence-corrected chi connectivity index (χ0v) is 9.23. The van der Waals surface area contributed by atoms with Crippen molar-refractivity contribution in [3.63, 3.8) is 0 Å². The fourth-order valence-corrected chi connectivity index (χ4v) is 0.728. The van der Waals surface area contributed by atoms with Gasteiger partial charge in [0.05, 0.1) is 12.8 Å². The Labute approximate surface area is 92.7 Å². The Morgan fingerprint density at radius 2 is 1.69 bits per heavy atom. The smallest absolute Gasteiger partial charge is 0.394 e. The van der Waals surface area contributed by atoms with E-state index in [-0.39, 0.29) is 5.48 Å². The van der Waals surface area contributed by atoms with Crippen molar-refractivity contribution in [2.24, 2.45) is 0 Å². The van der Waals surface area contributed by atoms with Crippen molar-refractivity contribution in [3.8, 4) is 5.75 Å². The second-order valence-corrected chi connectivity index (χ2v) is 3.34. The molecular formula is C7H14N2O6S. The molecule has 0 bridgehead atoms. The van der Waals surface area contributed by atoms with E-state index in [4.69, 9.17) is 33.7 Å². The molecule has 94 valence electrons. The van der Waals surface area contributed by atoms with Gasteiger partial charge in [-0.25, -0.2) is 0 Å². The molecular weight excluding hydrogens is 240 g/mol. The van der Waals surface area contributed by atoms with Gasteiger partial charge in [0.1, 0.15) is 5.75 Å². The lowest BCUT2D eigenvalue weighted by molar-refractivity contribution is 0.381. The maximum atomic E-state index is 8.74. The molecule has 0 unspecified atom stereocenters. The minimum Gasteiger partial charge on any atom is -0.495 e.